The third-order valence-corrected chi connectivity index (χ3v) is 4.90. The van der Waals surface area contributed by atoms with Crippen LogP contribution in [0.5, 0.6) is 5.75 Å². The number of hydrogen-bond donors (Lipinski definition) is 1. The molecular weight excluding hydrogens is 306 g/mol. The normalized spacial score (nSPS) is 25.0. The zero-order valence-corrected chi connectivity index (χ0v) is 14.4. The lowest BCUT2D eigenvalue weighted by molar-refractivity contribution is -0.136. The van der Waals surface area contributed by atoms with Gasteiger partial charge in [-0.1, -0.05) is 18.6 Å². The number of benzene rings is 1. The van der Waals surface area contributed by atoms with Crippen molar-refractivity contribution in [3.05, 3.63) is 29.8 Å². The molecule has 5 nitrogen and oxygen atoms in total. The monoisotopic (exact) mass is 333 g/mol. The molecule has 0 unspecified atom stereocenters. The van der Waals surface area contributed by atoms with Gasteiger partial charge in [-0.25, -0.2) is 0 Å². The molecule has 24 heavy (non-hydrogen) atoms. The maximum Gasteiger partial charge on any atom is 0.223 e. The van der Waals surface area contributed by atoms with Gasteiger partial charge in [0.2, 0.25) is 5.91 Å². The van der Waals surface area contributed by atoms with E-state index in [-0.39, 0.29) is 25.7 Å². The molecule has 0 bridgehead atoms. The highest BCUT2D eigenvalue weighted by Gasteiger charge is 2.36. The number of amides is 1. The van der Waals surface area contributed by atoms with Crippen molar-refractivity contribution < 1.29 is 19.4 Å². The molecule has 1 amide bonds. The second-order valence-electron chi connectivity index (χ2n) is 7.20. The minimum absolute atomic E-state index is 0.115. The van der Waals surface area contributed by atoms with Gasteiger partial charge in [0.25, 0.3) is 0 Å². The van der Waals surface area contributed by atoms with Gasteiger partial charge in [-0.15, -0.1) is 0 Å². The van der Waals surface area contributed by atoms with Crippen LogP contribution in [0.3, 0.4) is 0 Å². The molecule has 1 aromatic carbocycles. The predicted molar refractivity (Wildman–Crippen MR) is 91.0 cm³/mol. The van der Waals surface area contributed by atoms with E-state index >= 15 is 0 Å². The van der Waals surface area contributed by atoms with Gasteiger partial charge >= 0.3 is 0 Å². The lowest BCUT2D eigenvalue weighted by Crippen LogP contribution is -2.50. The molecule has 1 aliphatic heterocycles. The van der Waals surface area contributed by atoms with E-state index in [1.807, 2.05) is 31.2 Å². The van der Waals surface area contributed by atoms with Crippen molar-refractivity contribution in [1.29, 1.82) is 0 Å². The Balaban J connectivity index is 1.58. The summed E-state index contributed by atoms with van der Waals surface area (Å²) in [5.41, 5.74) is -0.0656. The fraction of sp³-hybridized carbons (Fsp3) is 0.632. The molecule has 2 fully saturated rings. The summed E-state index contributed by atoms with van der Waals surface area (Å²) in [5, 5.41) is 10.9. The lowest BCUT2D eigenvalue weighted by Gasteiger charge is -2.32. The number of carbonyl (C=O) groups excluding carboxylic acids is 1. The molecule has 5 heteroatoms. The number of carbonyl (C=O) groups is 1. The first kappa shape index (κ1) is 17.2. The zero-order chi connectivity index (χ0) is 17.0. The van der Waals surface area contributed by atoms with E-state index in [2.05, 4.69) is 0 Å². The van der Waals surface area contributed by atoms with Gasteiger partial charge in [-0.3, -0.25) is 4.79 Å². The summed E-state index contributed by atoms with van der Waals surface area (Å²) in [6, 6.07) is 7.72. The van der Waals surface area contributed by atoms with Gasteiger partial charge in [-0.2, -0.15) is 0 Å². The lowest BCUT2D eigenvalue weighted by atomic mass is 9.82. The summed E-state index contributed by atoms with van der Waals surface area (Å²) in [7, 11) is 0. The first-order chi connectivity index (χ1) is 11.5. The maximum atomic E-state index is 12.5. The predicted octanol–water partition coefficient (Wildman–Crippen LogP) is 2.15. The summed E-state index contributed by atoms with van der Waals surface area (Å²) in [4.78, 5) is 14.2. The Morgan fingerprint density at radius 3 is 3.00 bits per heavy atom. The van der Waals surface area contributed by atoms with Crippen LogP contribution in [0, 0.1) is 12.8 Å². The first-order valence-electron chi connectivity index (χ1n) is 8.81. The highest BCUT2D eigenvalue weighted by Crippen LogP contribution is 2.30. The summed E-state index contributed by atoms with van der Waals surface area (Å²) in [6.45, 7) is 3.57. The molecule has 0 aromatic heterocycles. The van der Waals surface area contributed by atoms with Crippen molar-refractivity contribution >= 4 is 5.91 Å². The highest BCUT2D eigenvalue weighted by molar-refractivity contribution is 5.76. The van der Waals surface area contributed by atoms with Gasteiger partial charge in [0.1, 0.15) is 18.0 Å². The van der Waals surface area contributed by atoms with Gasteiger partial charge < -0.3 is 19.5 Å². The minimum Gasteiger partial charge on any atom is -0.490 e. The van der Waals surface area contributed by atoms with Crippen LogP contribution in [-0.4, -0.2) is 54.4 Å². The van der Waals surface area contributed by atoms with Gasteiger partial charge in [0.15, 0.2) is 0 Å². The van der Waals surface area contributed by atoms with Crippen molar-refractivity contribution in [2.45, 2.75) is 38.2 Å². The van der Waals surface area contributed by atoms with E-state index in [9.17, 15) is 9.90 Å². The van der Waals surface area contributed by atoms with Crippen LogP contribution in [0.15, 0.2) is 24.3 Å². The average Bonchev–Trinajstić information content (AvgIpc) is 2.71. The zero-order valence-electron chi connectivity index (χ0n) is 14.4. The van der Waals surface area contributed by atoms with Crippen LogP contribution in [0.4, 0.5) is 0 Å². The fourth-order valence-corrected chi connectivity index (χ4v) is 3.21. The van der Waals surface area contributed by atoms with Gasteiger partial charge in [0.05, 0.1) is 19.8 Å². The summed E-state index contributed by atoms with van der Waals surface area (Å²) in [6.07, 6.45) is 4.12. The number of hydrogen-bond acceptors (Lipinski definition) is 4. The number of β-amino-alcohol motifs (C(OH)–C–C–N with tert-alkyl or cyclic N) is 1. The topological polar surface area (TPSA) is 59.0 Å². The molecule has 0 radical (unpaired) electrons. The van der Waals surface area contributed by atoms with Crippen LogP contribution >= 0.6 is 0 Å². The van der Waals surface area contributed by atoms with Crippen LogP contribution < -0.4 is 4.74 Å². The Bertz CT molecular complexity index is 572. The van der Waals surface area contributed by atoms with Gasteiger partial charge in [-0.05, 0) is 43.4 Å². The molecular formula is C19H27NO4. The maximum absolute atomic E-state index is 12.5. The molecule has 0 spiro atoms. The Hall–Kier alpha value is -1.59. The smallest absolute Gasteiger partial charge is 0.223 e. The third-order valence-electron chi connectivity index (χ3n) is 4.90. The van der Waals surface area contributed by atoms with Crippen LogP contribution in [-0.2, 0) is 9.53 Å². The van der Waals surface area contributed by atoms with E-state index in [0.29, 0.717) is 25.5 Å². The fourth-order valence-electron chi connectivity index (χ4n) is 3.21. The van der Waals surface area contributed by atoms with Crippen molar-refractivity contribution in [3.63, 3.8) is 0 Å². The Morgan fingerprint density at radius 1 is 1.46 bits per heavy atom. The molecule has 1 heterocycles. The van der Waals surface area contributed by atoms with Crippen molar-refractivity contribution in [2.24, 2.45) is 5.92 Å². The average molecular weight is 333 g/mol. The first-order valence-corrected chi connectivity index (χ1v) is 8.81. The SMILES string of the molecule is Cc1cccc(OC[C@]2(O)COCCN(C(=O)CC3CCC3)C2)c1. The number of aryl methyl sites for hydroxylation is 1. The summed E-state index contributed by atoms with van der Waals surface area (Å²) in [5.74, 6) is 1.37. The molecule has 132 valence electrons. The minimum atomic E-state index is -1.17. The summed E-state index contributed by atoms with van der Waals surface area (Å²) >= 11 is 0. The quantitative estimate of drug-likeness (QED) is 0.897. The molecule has 1 saturated heterocycles. The Morgan fingerprint density at radius 2 is 2.29 bits per heavy atom. The molecule has 1 aromatic rings. The number of ether oxygens (including phenoxy) is 2. The largest absolute Gasteiger partial charge is 0.490 e. The van der Waals surface area contributed by atoms with E-state index in [1.54, 1.807) is 4.90 Å². The van der Waals surface area contributed by atoms with E-state index < -0.39 is 5.60 Å². The Labute approximate surface area is 143 Å². The van der Waals surface area contributed by atoms with E-state index in [0.717, 1.165) is 24.2 Å². The standard InChI is InChI=1S/C19H27NO4/c1-15-4-2-7-17(10-15)24-14-19(22)12-20(8-9-23-13-19)18(21)11-16-5-3-6-16/h2,4,7,10,16,22H,3,5-6,8-9,11-14H2,1H3/t19-/m1/s1. The molecule has 1 atom stereocenters. The Kier molecular flexibility index (Phi) is 5.41. The number of aliphatic hydroxyl groups is 1. The third kappa shape index (κ3) is 4.48. The van der Waals surface area contributed by atoms with Crippen LogP contribution in [0.2, 0.25) is 0 Å². The number of nitrogens with zero attached hydrogens (tertiary/aromatic N) is 1. The molecule has 3 rings (SSSR count). The summed E-state index contributed by atoms with van der Waals surface area (Å²) < 4.78 is 11.3. The van der Waals surface area contributed by atoms with Crippen LogP contribution in [0.25, 0.3) is 0 Å². The van der Waals surface area contributed by atoms with Crippen molar-refractivity contribution in [1.82, 2.24) is 4.90 Å². The van der Waals surface area contributed by atoms with E-state index in [4.69, 9.17) is 9.47 Å². The van der Waals surface area contributed by atoms with Gasteiger partial charge in [0, 0.05) is 13.0 Å². The molecule has 1 aliphatic carbocycles. The second-order valence-corrected chi connectivity index (χ2v) is 7.20. The second kappa shape index (κ2) is 7.53. The van der Waals surface area contributed by atoms with Crippen LogP contribution in [0.1, 0.15) is 31.2 Å². The molecule has 2 aliphatic rings. The number of rotatable bonds is 5. The van der Waals surface area contributed by atoms with Crippen molar-refractivity contribution in [2.75, 3.05) is 32.9 Å². The molecule has 1 saturated carbocycles. The van der Waals surface area contributed by atoms with Crippen molar-refractivity contribution in [3.8, 4) is 5.75 Å². The molecule has 1 N–H and O–H groups in total. The van der Waals surface area contributed by atoms with E-state index in [1.165, 1.54) is 6.42 Å². The highest BCUT2D eigenvalue weighted by atomic mass is 16.5.